The van der Waals surface area contributed by atoms with Gasteiger partial charge in [0.05, 0.1) is 22.1 Å². The summed E-state index contributed by atoms with van der Waals surface area (Å²) in [6.07, 6.45) is -4.97. The lowest BCUT2D eigenvalue weighted by atomic mass is 9.76. The molecule has 37 heavy (non-hydrogen) atoms. The summed E-state index contributed by atoms with van der Waals surface area (Å²) in [6, 6.07) is 12.7. The monoisotopic (exact) mass is 538 g/mol. The molecule has 1 aliphatic carbocycles. The SMILES string of the molecule is O=S(=O)(Nc1cccc(C(F)(F)F)c1)c1ccc2c(c1)[C@H]1C=CC[C@H]1[C@@H](c1ccccc1C(F)(F)F)N2. The second-order valence-electron chi connectivity index (χ2n) is 8.99. The fraction of sp³-hybridized carbons (Fsp3) is 0.231. The summed E-state index contributed by atoms with van der Waals surface area (Å²) >= 11 is 0. The van der Waals surface area contributed by atoms with Crippen LogP contribution >= 0.6 is 0 Å². The van der Waals surface area contributed by atoms with E-state index in [0.29, 0.717) is 23.7 Å². The quantitative estimate of drug-likeness (QED) is 0.270. The summed E-state index contributed by atoms with van der Waals surface area (Å²) in [5, 5.41) is 3.17. The molecule has 2 aliphatic rings. The van der Waals surface area contributed by atoms with Crippen LogP contribution in [0, 0.1) is 5.92 Å². The molecule has 5 rings (SSSR count). The molecule has 3 aromatic carbocycles. The number of benzene rings is 3. The first-order valence-electron chi connectivity index (χ1n) is 11.3. The highest BCUT2D eigenvalue weighted by molar-refractivity contribution is 7.92. The maximum Gasteiger partial charge on any atom is 0.416 e. The van der Waals surface area contributed by atoms with E-state index in [9.17, 15) is 34.8 Å². The molecular weight excluding hydrogens is 518 g/mol. The van der Waals surface area contributed by atoms with E-state index >= 15 is 0 Å². The number of alkyl halides is 6. The molecular formula is C26H20F6N2O2S. The van der Waals surface area contributed by atoms with Crippen molar-refractivity contribution in [3.63, 3.8) is 0 Å². The van der Waals surface area contributed by atoms with Gasteiger partial charge in [0.15, 0.2) is 0 Å². The summed E-state index contributed by atoms with van der Waals surface area (Å²) in [5.74, 6) is -0.628. The zero-order valence-corrected chi connectivity index (χ0v) is 19.8. The van der Waals surface area contributed by atoms with Crippen LogP contribution in [0.1, 0.15) is 40.6 Å². The Morgan fingerprint density at radius 1 is 0.838 bits per heavy atom. The third-order valence-corrected chi connectivity index (χ3v) is 8.07. The van der Waals surface area contributed by atoms with Gasteiger partial charge >= 0.3 is 12.4 Å². The molecule has 194 valence electrons. The van der Waals surface area contributed by atoms with Crippen LogP contribution in [0.5, 0.6) is 0 Å². The summed E-state index contributed by atoms with van der Waals surface area (Å²) < 4.78 is 108. The van der Waals surface area contributed by atoms with Crippen LogP contribution < -0.4 is 10.0 Å². The molecule has 1 aliphatic heterocycles. The van der Waals surface area contributed by atoms with E-state index in [0.717, 1.165) is 18.2 Å². The van der Waals surface area contributed by atoms with Crippen LogP contribution in [0.4, 0.5) is 37.7 Å². The molecule has 0 unspecified atom stereocenters. The Labute approximate surface area is 209 Å². The molecule has 3 aromatic rings. The Bertz CT molecular complexity index is 1480. The molecule has 3 atom stereocenters. The molecule has 11 heteroatoms. The number of allylic oxidation sites excluding steroid dienone is 2. The first-order valence-corrected chi connectivity index (χ1v) is 12.8. The minimum atomic E-state index is -4.63. The van der Waals surface area contributed by atoms with Crippen LogP contribution in [-0.4, -0.2) is 8.42 Å². The van der Waals surface area contributed by atoms with E-state index < -0.39 is 39.5 Å². The number of anilines is 2. The van der Waals surface area contributed by atoms with Gasteiger partial charge in [-0.3, -0.25) is 4.72 Å². The number of nitrogens with one attached hydrogen (secondary N) is 2. The van der Waals surface area contributed by atoms with Gasteiger partial charge in [0, 0.05) is 17.3 Å². The number of hydrogen-bond donors (Lipinski definition) is 2. The Balaban J connectivity index is 1.49. The molecule has 2 N–H and O–H groups in total. The molecule has 0 spiro atoms. The van der Waals surface area contributed by atoms with Crippen LogP contribution in [-0.2, 0) is 22.4 Å². The van der Waals surface area contributed by atoms with Crippen LogP contribution in [0.3, 0.4) is 0 Å². The van der Waals surface area contributed by atoms with Crippen molar-refractivity contribution < 1.29 is 34.8 Å². The number of rotatable bonds is 4. The highest BCUT2D eigenvalue weighted by atomic mass is 32.2. The zero-order chi connectivity index (χ0) is 26.6. The molecule has 0 saturated heterocycles. The number of hydrogen-bond acceptors (Lipinski definition) is 3. The van der Waals surface area contributed by atoms with E-state index in [1.807, 2.05) is 12.2 Å². The lowest BCUT2D eigenvalue weighted by molar-refractivity contribution is -0.139. The Kier molecular flexibility index (Phi) is 6.01. The van der Waals surface area contributed by atoms with Crippen molar-refractivity contribution in [1.82, 2.24) is 0 Å². The standard InChI is InChI=1S/C26H20F6N2O2S/c27-25(28,29)15-5-3-6-16(13-15)34-37(35,36)17-11-12-23-21(14-17)18-8-4-9-19(18)24(33-23)20-7-1-2-10-22(20)26(30,31)32/h1-8,10-14,18-19,24,33-34H,9H2/t18-,19+,24-/m0/s1. The third-order valence-electron chi connectivity index (χ3n) is 6.69. The zero-order valence-electron chi connectivity index (χ0n) is 18.9. The minimum absolute atomic E-state index is 0.113. The molecule has 0 saturated carbocycles. The Morgan fingerprint density at radius 2 is 1.59 bits per heavy atom. The van der Waals surface area contributed by atoms with Crippen molar-refractivity contribution in [2.75, 3.05) is 10.0 Å². The van der Waals surface area contributed by atoms with Gasteiger partial charge < -0.3 is 5.32 Å². The smallest absolute Gasteiger partial charge is 0.378 e. The van der Waals surface area contributed by atoms with Crippen molar-refractivity contribution in [3.05, 3.63) is 101 Å². The summed E-state index contributed by atoms with van der Waals surface area (Å²) in [6.45, 7) is 0. The first-order chi connectivity index (χ1) is 17.3. The molecule has 0 radical (unpaired) electrons. The summed E-state index contributed by atoms with van der Waals surface area (Å²) in [5.41, 5.74) is -0.771. The van der Waals surface area contributed by atoms with E-state index in [1.165, 1.54) is 36.4 Å². The van der Waals surface area contributed by atoms with E-state index in [-0.39, 0.29) is 28.0 Å². The summed E-state index contributed by atoms with van der Waals surface area (Å²) in [4.78, 5) is -0.168. The van der Waals surface area contributed by atoms with Gasteiger partial charge in [-0.15, -0.1) is 0 Å². The van der Waals surface area contributed by atoms with Crippen LogP contribution in [0.2, 0.25) is 0 Å². The summed E-state index contributed by atoms with van der Waals surface area (Å²) in [7, 11) is -4.25. The number of halogens is 6. The Hall–Kier alpha value is -3.47. The largest absolute Gasteiger partial charge is 0.416 e. The topological polar surface area (TPSA) is 58.2 Å². The van der Waals surface area contributed by atoms with Crippen molar-refractivity contribution >= 4 is 21.4 Å². The maximum absolute atomic E-state index is 13.7. The fourth-order valence-corrected chi connectivity index (χ4v) is 6.13. The average molecular weight is 539 g/mol. The lowest BCUT2D eigenvalue weighted by Gasteiger charge is -2.38. The average Bonchev–Trinajstić information content (AvgIpc) is 3.32. The van der Waals surface area contributed by atoms with Crippen molar-refractivity contribution in [1.29, 1.82) is 0 Å². The van der Waals surface area contributed by atoms with Gasteiger partial charge in [0.1, 0.15) is 0 Å². The molecule has 0 aromatic heterocycles. The Morgan fingerprint density at radius 3 is 2.32 bits per heavy atom. The number of sulfonamides is 1. The molecule has 0 amide bonds. The van der Waals surface area contributed by atoms with Gasteiger partial charge in [-0.1, -0.05) is 36.4 Å². The van der Waals surface area contributed by atoms with Gasteiger partial charge in [-0.2, -0.15) is 26.3 Å². The van der Waals surface area contributed by atoms with Crippen LogP contribution in [0.15, 0.2) is 83.8 Å². The fourth-order valence-electron chi connectivity index (χ4n) is 5.05. The van der Waals surface area contributed by atoms with Crippen molar-refractivity contribution in [2.24, 2.45) is 5.92 Å². The maximum atomic E-state index is 13.7. The van der Waals surface area contributed by atoms with E-state index in [2.05, 4.69) is 10.0 Å². The van der Waals surface area contributed by atoms with E-state index in [1.54, 1.807) is 6.07 Å². The molecule has 1 heterocycles. The molecule has 4 nitrogen and oxygen atoms in total. The third kappa shape index (κ3) is 4.79. The minimum Gasteiger partial charge on any atom is -0.378 e. The predicted octanol–water partition coefficient (Wildman–Crippen LogP) is 7.35. The first kappa shape index (κ1) is 25.2. The van der Waals surface area contributed by atoms with E-state index in [4.69, 9.17) is 0 Å². The second-order valence-corrected chi connectivity index (χ2v) is 10.7. The van der Waals surface area contributed by atoms with Crippen molar-refractivity contribution in [2.45, 2.75) is 35.6 Å². The number of fused-ring (bicyclic) bond motifs is 3. The lowest BCUT2D eigenvalue weighted by Crippen LogP contribution is -2.31. The van der Waals surface area contributed by atoms with Crippen LogP contribution in [0.25, 0.3) is 0 Å². The molecule has 0 fully saturated rings. The van der Waals surface area contributed by atoms with Gasteiger partial charge in [0.2, 0.25) is 0 Å². The van der Waals surface area contributed by atoms with Gasteiger partial charge in [-0.25, -0.2) is 8.42 Å². The van der Waals surface area contributed by atoms with Crippen molar-refractivity contribution in [3.8, 4) is 0 Å². The molecule has 0 bridgehead atoms. The predicted molar refractivity (Wildman–Crippen MR) is 126 cm³/mol. The van der Waals surface area contributed by atoms with Gasteiger partial charge in [-0.05, 0) is 65.9 Å². The highest BCUT2D eigenvalue weighted by Crippen LogP contribution is 2.52. The normalized spacial score (nSPS) is 21.2. The second kappa shape index (κ2) is 8.83. The van der Waals surface area contributed by atoms with Gasteiger partial charge in [0.25, 0.3) is 10.0 Å². The highest BCUT2D eigenvalue weighted by Gasteiger charge is 2.42.